The van der Waals surface area contributed by atoms with Crippen molar-refractivity contribution in [1.82, 2.24) is 4.90 Å². The van der Waals surface area contributed by atoms with Gasteiger partial charge >= 0.3 is 0 Å². The molecule has 1 aliphatic rings. The fourth-order valence-electron chi connectivity index (χ4n) is 3.75. The molecule has 0 unspecified atom stereocenters. The molecule has 30 heavy (non-hydrogen) atoms. The number of aliphatic hydroxyl groups is 1. The van der Waals surface area contributed by atoms with Gasteiger partial charge in [0.2, 0.25) is 10.0 Å². The number of anilines is 1. The third-order valence-electron chi connectivity index (χ3n) is 5.58. The van der Waals surface area contributed by atoms with Crippen LogP contribution < -0.4 is 4.72 Å². The number of sulfonamides is 1. The minimum atomic E-state index is -3.58. The maximum atomic E-state index is 12.0. The Morgan fingerprint density at radius 2 is 1.90 bits per heavy atom. The molecule has 1 aliphatic heterocycles. The van der Waals surface area contributed by atoms with E-state index in [9.17, 15) is 8.42 Å². The van der Waals surface area contributed by atoms with Gasteiger partial charge < -0.3 is 10.0 Å². The lowest BCUT2D eigenvalue weighted by atomic mass is 9.88. The van der Waals surface area contributed by atoms with E-state index in [2.05, 4.69) is 22.3 Å². The zero-order valence-corrected chi connectivity index (χ0v) is 18.0. The number of nitrogens with one attached hydrogen (secondary N) is 1. The van der Waals surface area contributed by atoms with E-state index < -0.39 is 16.6 Å². The number of aryl methyl sites for hydroxylation is 1. The highest BCUT2D eigenvalue weighted by atomic mass is 32.2. The number of aliphatic hydroxyl groups excluding tert-OH is 1. The Balaban J connectivity index is 1.67. The summed E-state index contributed by atoms with van der Waals surface area (Å²) < 4.78 is 26.6. The number of nitriles is 1. The molecule has 0 saturated carbocycles. The SMILES string of the molecule is C=C(c1ccc(C)c(NS(=O)(=O)CCO)c1)N1CCC(c2ccc(C#N)cc2)CC1. The number of rotatable bonds is 7. The minimum Gasteiger partial charge on any atom is -0.395 e. The van der Waals surface area contributed by atoms with Crippen LogP contribution in [0.3, 0.4) is 0 Å². The maximum absolute atomic E-state index is 12.0. The van der Waals surface area contributed by atoms with Crippen LogP contribution in [0.15, 0.2) is 49.0 Å². The first-order chi connectivity index (χ1) is 14.3. The molecule has 1 heterocycles. The molecule has 7 heteroatoms. The lowest BCUT2D eigenvalue weighted by molar-refractivity contribution is 0.299. The second kappa shape index (κ2) is 9.33. The normalized spacial score (nSPS) is 14.9. The summed E-state index contributed by atoms with van der Waals surface area (Å²) in [6, 6.07) is 15.6. The van der Waals surface area contributed by atoms with Crippen LogP contribution in [0.1, 0.15) is 41.0 Å². The van der Waals surface area contributed by atoms with Gasteiger partial charge in [0.25, 0.3) is 0 Å². The molecule has 158 valence electrons. The molecule has 1 fully saturated rings. The zero-order chi connectivity index (χ0) is 21.7. The number of benzene rings is 2. The van der Waals surface area contributed by atoms with E-state index in [0.29, 0.717) is 17.2 Å². The van der Waals surface area contributed by atoms with Crippen LogP contribution in [0.4, 0.5) is 5.69 Å². The molecule has 0 radical (unpaired) electrons. The molecule has 0 aliphatic carbocycles. The van der Waals surface area contributed by atoms with Crippen molar-refractivity contribution in [2.75, 3.05) is 30.2 Å². The fourth-order valence-corrected chi connectivity index (χ4v) is 4.64. The lowest BCUT2D eigenvalue weighted by Crippen LogP contribution is -2.31. The molecule has 6 nitrogen and oxygen atoms in total. The first-order valence-electron chi connectivity index (χ1n) is 9.99. The van der Waals surface area contributed by atoms with E-state index in [1.807, 2.05) is 43.3 Å². The van der Waals surface area contributed by atoms with Crippen molar-refractivity contribution in [3.05, 3.63) is 71.3 Å². The summed E-state index contributed by atoms with van der Waals surface area (Å²) in [7, 11) is -3.58. The van der Waals surface area contributed by atoms with Gasteiger partial charge in [-0.3, -0.25) is 4.72 Å². The van der Waals surface area contributed by atoms with Crippen molar-refractivity contribution in [2.24, 2.45) is 0 Å². The monoisotopic (exact) mass is 425 g/mol. The third-order valence-corrected chi connectivity index (χ3v) is 6.84. The fraction of sp³-hybridized carbons (Fsp3) is 0.348. The van der Waals surface area contributed by atoms with E-state index >= 15 is 0 Å². The number of piperidine rings is 1. The Hall–Kier alpha value is -2.82. The second-order valence-electron chi connectivity index (χ2n) is 7.62. The Kier molecular flexibility index (Phi) is 6.80. The Morgan fingerprint density at radius 1 is 1.23 bits per heavy atom. The van der Waals surface area contributed by atoms with Gasteiger partial charge in [0, 0.05) is 18.8 Å². The molecule has 0 atom stereocenters. The van der Waals surface area contributed by atoms with E-state index in [4.69, 9.17) is 10.4 Å². The predicted molar refractivity (Wildman–Crippen MR) is 119 cm³/mol. The number of nitrogens with zero attached hydrogens (tertiary/aromatic N) is 2. The van der Waals surface area contributed by atoms with Crippen molar-refractivity contribution >= 4 is 21.4 Å². The molecule has 0 bridgehead atoms. The molecule has 0 amide bonds. The number of likely N-dealkylation sites (tertiary alicyclic amines) is 1. The molecule has 2 N–H and O–H groups in total. The Morgan fingerprint density at radius 3 is 2.50 bits per heavy atom. The van der Waals surface area contributed by atoms with Crippen LogP contribution in [0.2, 0.25) is 0 Å². The highest BCUT2D eigenvalue weighted by molar-refractivity contribution is 7.92. The van der Waals surface area contributed by atoms with Gasteiger partial charge in [0.05, 0.1) is 29.7 Å². The highest BCUT2D eigenvalue weighted by Gasteiger charge is 2.22. The van der Waals surface area contributed by atoms with Crippen molar-refractivity contribution in [1.29, 1.82) is 5.26 Å². The molecular weight excluding hydrogens is 398 g/mol. The van der Waals surface area contributed by atoms with Crippen molar-refractivity contribution in [2.45, 2.75) is 25.7 Å². The highest BCUT2D eigenvalue weighted by Crippen LogP contribution is 2.32. The summed E-state index contributed by atoms with van der Waals surface area (Å²) in [6.07, 6.45) is 1.99. The van der Waals surface area contributed by atoms with Crippen LogP contribution in [-0.2, 0) is 10.0 Å². The smallest absolute Gasteiger partial charge is 0.234 e. The maximum Gasteiger partial charge on any atom is 0.234 e. The van der Waals surface area contributed by atoms with E-state index in [1.165, 1.54) is 5.56 Å². The largest absolute Gasteiger partial charge is 0.395 e. The molecule has 0 spiro atoms. The van der Waals surface area contributed by atoms with Crippen molar-refractivity contribution in [3.8, 4) is 6.07 Å². The summed E-state index contributed by atoms with van der Waals surface area (Å²) in [5.74, 6) is 0.126. The molecule has 2 aromatic rings. The van der Waals surface area contributed by atoms with E-state index in [-0.39, 0.29) is 5.75 Å². The summed E-state index contributed by atoms with van der Waals surface area (Å²) in [6.45, 7) is 7.39. The standard InChI is InChI=1S/C23H27N3O3S/c1-17-3-6-22(15-23(17)25-30(28,29)14-13-27)18(2)26-11-9-21(10-12-26)20-7-4-19(16-24)5-8-20/h3-8,15,21,25,27H,2,9-14H2,1H3. The number of hydrogen-bond acceptors (Lipinski definition) is 5. The number of hydrogen-bond donors (Lipinski definition) is 2. The summed E-state index contributed by atoms with van der Waals surface area (Å²) >= 11 is 0. The van der Waals surface area contributed by atoms with Gasteiger partial charge in [-0.1, -0.05) is 30.8 Å². The average Bonchev–Trinajstić information content (AvgIpc) is 2.75. The predicted octanol–water partition coefficient (Wildman–Crippen LogP) is 3.45. The summed E-state index contributed by atoms with van der Waals surface area (Å²) in [4.78, 5) is 2.23. The van der Waals surface area contributed by atoms with Gasteiger partial charge in [-0.2, -0.15) is 5.26 Å². The minimum absolute atomic E-state index is 0.333. The first kappa shape index (κ1) is 21.9. The van der Waals surface area contributed by atoms with Crippen molar-refractivity contribution in [3.63, 3.8) is 0 Å². The molecule has 2 aromatic carbocycles. The van der Waals surface area contributed by atoms with Crippen molar-refractivity contribution < 1.29 is 13.5 Å². The molecule has 3 rings (SSSR count). The van der Waals surface area contributed by atoms with Crippen LogP contribution in [0.5, 0.6) is 0 Å². The Bertz CT molecular complexity index is 1050. The van der Waals surface area contributed by atoms with Crippen LogP contribution in [-0.4, -0.2) is 43.9 Å². The van der Waals surface area contributed by atoms with Gasteiger partial charge in [0.1, 0.15) is 0 Å². The third kappa shape index (κ3) is 5.21. The first-order valence-corrected chi connectivity index (χ1v) is 11.6. The van der Waals surface area contributed by atoms with Crippen LogP contribution in [0.25, 0.3) is 5.70 Å². The van der Waals surface area contributed by atoms with Crippen LogP contribution in [0, 0.1) is 18.3 Å². The molecule has 1 saturated heterocycles. The van der Waals surface area contributed by atoms with Gasteiger partial charge in [0.15, 0.2) is 0 Å². The average molecular weight is 426 g/mol. The topological polar surface area (TPSA) is 93.4 Å². The molecular formula is C23H27N3O3S. The van der Waals surface area contributed by atoms with Gasteiger partial charge in [-0.05, 0) is 60.6 Å². The zero-order valence-electron chi connectivity index (χ0n) is 17.1. The van der Waals surface area contributed by atoms with E-state index in [1.54, 1.807) is 6.07 Å². The van der Waals surface area contributed by atoms with Crippen LogP contribution >= 0.6 is 0 Å². The van der Waals surface area contributed by atoms with Gasteiger partial charge in [-0.25, -0.2) is 8.42 Å². The summed E-state index contributed by atoms with van der Waals surface area (Å²) in [5.41, 5.74) is 5.00. The molecule has 0 aromatic heterocycles. The Labute approximate surface area is 178 Å². The second-order valence-corrected chi connectivity index (χ2v) is 9.46. The lowest BCUT2D eigenvalue weighted by Gasteiger charge is -2.35. The van der Waals surface area contributed by atoms with Gasteiger partial charge in [-0.15, -0.1) is 0 Å². The quantitative estimate of drug-likeness (QED) is 0.709. The summed E-state index contributed by atoms with van der Waals surface area (Å²) in [5, 5.41) is 17.9. The van der Waals surface area contributed by atoms with E-state index in [0.717, 1.165) is 42.8 Å².